The summed E-state index contributed by atoms with van der Waals surface area (Å²) >= 11 is 0. The molecule has 8 nitrogen and oxygen atoms in total. The van der Waals surface area contributed by atoms with E-state index in [4.69, 9.17) is 0 Å². The second kappa shape index (κ2) is 8.30. The van der Waals surface area contributed by atoms with E-state index in [0.717, 1.165) is 41.9 Å². The van der Waals surface area contributed by atoms with E-state index in [1.54, 1.807) is 23.1 Å². The Morgan fingerprint density at radius 1 is 1.10 bits per heavy atom. The molecule has 0 saturated carbocycles. The molecule has 1 aliphatic heterocycles. The fourth-order valence-electron chi connectivity index (χ4n) is 3.34. The summed E-state index contributed by atoms with van der Waals surface area (Å²) in [7, 11) is 0. The number of anilines is 4. The molecule has 0 aliphatic carbocycles. The highest BCUT2D eigenvalue weighted by Gasteiger charge is 2.17. The van der Waals surface area contributed by atoms with Crippen molar-refractivity contribution in [2.24, 2.45) is 0 Å². The molecule has 1 atom stereocenters. The van der Waals surface area contributed by atoms with Crippen LogP contribution in [0.1, 0.15) is 31.5 Å². The van der Waals surface area contributed by atoms with Gasteiger partial charge in [0.25, 0.3) is 0 Å². The topological polar surface area (TPSA) is 88.0 Å². The molecule has 4 rings (SSSR count). The molecule has 3 aromatic rings. The van der Waals surface area contributed by atoms with E-state index in [2.05, 4.69) is 30.6 Å². The van der Waals surface area contributed by atoms with Gasteiger partial charge < -0.3 is 15.5 Å². The van der Waals surface area contributed by atoms with Gasteiger partial charge in [0.05, 0.1) is 0 Å². The molecule has 0 radical (unpaired) electrons. The first kappa shape index (κ1) is 18.9. The van der Waals surface area contributed by atoms with Crippen LogP contribution in [0, 0.1) is 6.92 Å². The van der Waals surface area contributed by atoms with E-state index in [9.17, 15) is 4.79 Å². The van der Waals surface area contributed by atoms with Gasteiger partial charge in [-0.15, -0.1) is 0 Å². The molecule has 1 saturated heterocycles. The number of rotatable bonds is 6. The van der Waals surface area contributed by atoms with Crippen molar-refractivity contribution >= 4 is 29.0 Å². The molecular formula is C21H25N7O. The van der Waals surface area contributed by atoms with E-state index < -0.39 is 0 Å². The number of carbonyl (C=O) groups excluding carboxylic acids is 1. The Kier molecular flexibility index (Phi) is 5.41. The Bertz CT molecular complexity index is 963. The fourth-order valence-corrected chi connectivity index (χ4v) is 3.34. The first-order valence-electron chi connectivity index (χ1n) is 9.86. The Balaban J connectivity index is 1.41. The van der Waals surface area contributed by atoms with Gasteiger partial charge in [-0.05, 0) is 57.0 Å². The van der Waals surface area contributed by atoms with E-state index in [1.807, 2.05) is 44.2 Å². The minimum absolute atomic E-state index is 0.115. The molecule has 1 aliphatic rings. The van der Waals surface area contributed by atoms with Crippen LogP contribution in [0.15, 0.2) is 48.8 Å². The summed E-state index contributed by atoms with van der Waals surface area (Å²) in [5.41, 5.74) is 2.56. The van der Waals surface area contributed by atoms with Gasteiger partial charge in [-0.25, -0.2) is 4.98 Å². The van der Waals surface area contributed by atoms with Gasteiger partial charge in [-0.2, -0.15) is 10.1 Å². The Labute approximate surface area is 170 Å². The third-order valence-electron chi connectivity index (χ3n) is 4.96. The van der Waals surface area contributed by atoms with E-state index in [0.29, 0.717) is 0 Å². The summed E-state index contributed by atoms with van der Waals surface area (Å²) in [6, 6.07) is 10.9. The van der Waals surface area contributed by atoms with Crippen molar-refractivity contribution in [3.8, 4) is 0 Å². The average molecular weight is 391 g/mol. The number of hydrogen-bond acceptors (Lipinski definition) is 6. The Morgan fingerprint density at radius 2 is 1.83 bits per heavy atom. The van der Waals surface area contributed by atoms with E-state index in [-0.39, 0.29) is 11.9 Å². The monoisotopic (exact) mass is 391 g/mol. The molecular weight excluding hydrogens is 366 g/mol. The van der Waals surface area contributed by atoms with Gasteiger partial charge in [0.1, 0.15) is 11.9 Å². The molecule has 2 aromatic heterocycles. The second-order valence-corrected chi connectivity index (χ2v) is 7.24. The third kappa shape index (κ3) is 4.53. The van der Waals surface area contributed by atoms with Crippen LogP contribution in [0.5, 0.6) is 0 Å². The van der Waals surface area contributed by atoms with Crippen molar-refractivity contribution in [2.75, 3.05) is 28.6 Å². The smallest absolute Gasteiger partial charge is 0.248 e. The van der Waals surface area contributed by atoms with Gasteiger partial charge in [0, 0.05) is 48.6 Å². The lowest BCUT2D eigenvalue weighted by Crippen LogP contribution is -2.23. The zero-order valence-corrected chi connectivity index (χ0v) is 16.7. The largest absolute Gasteiger partial charge is 0.341 e. The predicted molar refractivity (Wildman–Crippen MR) is 114 cm³/mol. The maximum absolute atomic E-state index is 12.4. The number of aromatic nitrogens is 4. The van der Waals surface area contributed by atoms with Crippen LogP contribution in [-0.2, 0) is 4.79 Å². The lowest BCUT2D eigenvalue weighted by atomic mass is 10.2. The first-order chi connectivity index (χ1) is 14.1. The molecule has 0 bridgehead atoms. The van der Waals surface area contributed by atoms with Gasteiger partial charge in [-0.3, -0.25) is 9.48 Å². The summed E-state index contributed by atoms with van der Waals surface area (Å²) in [5, 5.41) is 10.4. The normalized spacial score (nSPS) is 14.6. The van der Waals surface area contributed by atoms with Crippen LogP contribution in [0.3, 0.4) is 0 Å². The lowest BCUT2D eigenvalue weighted by Gasteiger charge is -2.17. The summed E-state index contributed by atoms with van der Waals surface area (Å²) in [6.07, 6.45) is 5.81. The molecule has 0 spiro atoms. The summed E-state index contributed by atoms with van der Waals surface area (Å²) in [6.45, 7) is 5.81. The molecule has 3 heterocycles. The molecule has 1 fully saturated rings. The average Bonchev–Trinajstić information content (AvgIpc) is 3.42. The van der Waals surface area contributed by atoms with Crippen LogP contribution in [0.4, 0.5) is 23.1 Å². The number of amides is 1. The molecule has 2 N–H and O–H groups in total. The quantitative estimate of drug-likeness (QED) is 0.668. The molecule has 1 aromatic carbocycles. The van der Waals surface area contributed by atoms with Crippen molar-refractivity contribution < 1.29 is 4.79 Å². The highest BCUT2D eigenvalue weighted by atomic mass is 16.2. The number of nitrogens with zero attached hydrogens (tertiary/aromatic N) is 5. The van der Waals surface area contributed by atoms with Gasteiger partial charge in [0.15, 0.2) is 0 Å². The van der Waals surface area contributed by atoms with Crippen LogP contribution >= 0.6 is 0 Å². The number of carbonyl (C=O) groups is 1. The lowest BCUT2D eigenvalue weighted by molar-refractivity contribution is -0.119. The number of hydrogen-bond donors (Lipinski definition) is 2. The first-order valence-corrected chi connectivity index (χ1v) is 9.86. The highest BCUT2D eigenvalue weighted by molar-refractivity contribution is 5.93. The maximum atomic E-state index is 12.4. The number of benzene rings is 1. The molecule has 1 unspecified atom stereocenters. The minimum atomic E-state index is -0.379. The minimum Gasteiger partial charge on any atom is -0.341 e. The Morgan fingerprint density at radius 3 is 2.52 bits per heavy atom. The van der Waals surface area contributed by atoms with E-state index in [1.165, 1.54) is 12.8 Å². The van der Waals surface area contributed by atoms with E-state index >= 15 is 0 Å². The third-order valence-corrected chi connectivity index (χ3v) is 4.96. The zero-order valence-electron chi connectivity index (χ0n) is 16.7. The van der Waals surface area contributed by atoms with Crippen LogP contribution < -0.4 is 15.5 Å². The van der Waals surface area contributed by atoms with Crippen LogP contribution in [-0.4, -0.2) is 38.7 Å². The highest BCUT2D eigenvalue weighted by Crippen LogP contribution is 2.22. The zero-order chi connectivity index (χ0) is 20.2. The SMILES string of the molecule is Cc1cc(Nc2ccc(NC(=O)C(C)n3cccn3)cc2)nc(N2CCCC2)n1. The summed E-state index contributed by atoms with van der Waals surface area (Å²) < 4.78 is 1.63. The summed E-state index contributed by atoms with van der Waals surface area (Å²) in [5.74, 6) is 1.43. The van der Waals surface area contributed by atoms with Crippen molar-refractivity contribution in [3.63, 3.8) is 0 Å². The molecule has 150 valence electrons. The van der Waals surface area contributed by atoms with Crippen molar-refractivity contribution in [2.45, 2.75) is 32.7 Å². The van der Waals surface area contributed by atoms with Crippen molar-refractivity contribution in [3.05, 3.63) is 54.5 Å². The second-order valence-electron chi connectivity index (χ2n) is 7.24. The fraction of sp³-hybridized carbons (Fsp3) is 0.333. The molecule has 1 amide bonds. The standard InChI is InChI=1S/C21H25N7O/c1-15-14-19(26-21(23-15)27-11-3-4-12-27)24-17-6-8-18(9-7-17)25-20(29)16(2)28-13-5-10-22-28/h5-10,13-14,16H,3-4,11-12H2,1-2H3,(H,25,29)(H,23,24,26). The van der Waals surface area contributed by atoms with Gasteiger partial charge in [0.2, 0.25) is 11.9 Å². The summed E-state index contributed by atoms with van der Waals surface area (Å²) in [4.78, 5) is 23.8. The van der Waals surface area contributed by atoms with Gasteiger partial charge in [-0.1, -0.05) is 0 Å². The Hall–Kier alpha value is -3.42. The number of nitrogens with one attached hydrogen (secondary N) is 2. The maximum Gasteiger partial charge on any atom is 0.248 e. The molecule has 8 heteroatoms. The van der Waals surface area contributed by atoms with Gasteiger partial charge >= 0.3 is 0 Å². The van der Waals surface area contributed by atoms with Crippen LogP contribution in [0.2, 0.25) is 0 Å². The molecule has 29 heavy (non-hydrogen) atoms. The van der Waals surface area contributed by atoms with Crippen LogP contribution in [0.25, 0.3) is 0 Å². The number of aryl methyl sites for hydroxylation is 1. The van der Waals surface area contributed by atoms with Crippen molar-refractivity contribution in [1.82, 2.24) is 19.7 Å². The predicted octanol–water partition coefficient (Wildman–Crippen LogP) is 3.53. The van der Waals surface area contributed by atoms with Crippen molar-refractivity contribution in [1.29, 1.82) is 0 Å².